The fourth-order valence-corrected chi connectivity index (χ4v) is 5.22. The van der Waals surface area contributed by atoms with E-state index in [0.29, 0.717) is 13.0 Å². The van der Waals surface area contributed by atoms with E-state index in [-0.39, 0.29) is 18.0 Å². The number of hydrogen-bond acceptors (Lipinski definition) is 6. The molecule has 0 bridgehead atoms. The average Bonchev–Trinajstić information content (AvgIpc) is 3.65. The molecule has 6 rings (SSSR count). The van der Waals surface area contributed by atoms with E-state index in [2.05, 4.69) is 41.4 Å². The first-order valence-corrected chi connectivity index (χ1v) is 11.8. The number of carbonyl (C=O) groups excluding carboxylic acids is 1. The molecule has 1 aliphatic heterocycles. The van der Waals surface area contributed by atoms with E-state index in [1.165, 1.54) is 30.2 Å². The van der Waals surface area contributed by atoms with Crippen LogP contribution >= 0.6 is 0 Å². The topological polar surface area (TPSA) is 70.8 Å². The van der Waals surface area contributed by atoms with Crippen LogP contribution in [-0.4, -0.2) is 24.7 Å². The van der Waals surface area contributed by atoms with Gasteiger partial charge in [-0.25, -0.2) is 4.98 Å². The molecule has 35 heavy (non-hydrogen) atoms. The summed E-state index contributed by atoms with van der Waals surface area (Å²) >= 11 is 0. The highest BCUT2D eigenvalue weighted by Gasteiger charge is 2.30. The summed E-state index contributed by atoms with van der Waals surface area (Å²) in [7, 11) is 1.41. The van der Waals surface area contributed by atoms with E-state index in [1.54, 1.807) is 6.20 Å². The fourth-order valence-electron chi connectivity index (χ4n) is 5.22. The lowest BCUT2D eigenvalue weighted by Crippen LogP contribution is -2.09. The van der Waals surface area contributed by atoms with Gasteiger partial charge in [-0.05, 0) is 41.2 Å². The molecule has 6 nitrogen and oxygen atoms in total. The molecule has 0 fully saturated rings. The molecular formula is C29H25NO5. The molecule has 0 radical (unpaired) electrons. The highest BCUT2D eigenvalue weighted by atomic mass is 16.5. The minimum Gasteiger partial charge on any atom is -0.492 e. The number of methoxy groups -OCH3 is 1. The Balaban J connectivity index is 1.27. The number of aromatic nitrogens is 1. The van der Waals surface area contributed by atoms with Crippen LogP contribution in [0, 0.1) is 0 Å². The van der Waals surface area contributed by atoms with Gasteiger partial charge in [-0.2, -0.15) is 0 Å². The molecule has 1 aliphatic carbocycles. The summed E-state index contributed by atoms with van der Waals surface area (Å²) in [5.74, 6) is 2.10. The molecule has 6 heteroatoms. The van der Waals surface area contributed by atoms with Crippen molar-refractivity contribution in [1.82, 2.24) is 4.98 Å². The zero-order valence-electron chi connectivity index (χ0n) is 19.4. The van der Waals surface area contributed by atoms with Gasteiger partial charge in [0.25, 0.3) is 0 Å². The third-order valence-corrected chi connectivity index (χ3v) is 6.91. The predicted octanol–water partition coefficient (Wildman–Crippen LogP) is 6.11. The maximum Gasteiger partial charge on any atom is 0.306 e. The van der Waals surface area contributed by atoms with Gasteiger partial charge in [0.15, 0.2) is 12.2 Å². The van der Waals surface area contributed by atoms with Gasteiger partial charge in [-0.3, -0.25) is 4.79 Å². The molecule has 2 heterocycles. The van der Waals surface area contributed by atoms with Crippen molar-refractivity contribution < 1.29 is 23.4 Å². The van der Waals surface area contributed by atoms with E-state index in [9.17, 15) is 4.79 Å². The Morgan fingerprint density at radius 3 is 2.71 bits per heavy atom. The number of rotatable bonds is 6. The van der Waals surface area contributed by atoms with Crippen molar-refractivity contribution in [3.63, 3.8) is 0 Å². The Morgan fingerprint density at radius 1 is 1.03 bits per heavy atom. The van der Waals surface area contributed by atoms with Crippen LogP contribution < -0.4 is 9.47 Å². The minimum atomic E-state index is -0.227. The van der Waals surface area contributed by atoms with E-state index >= 15 is 0 Å². The van der Waals surface area contributed by atoms with Crippen molar-refractivity contribution in [3.8, 4) is 33.9 Å². The molecule has 1 aromatic heterocycles. The molecule has 2 unspecified atom stereocenters. The van der Waals surface area contributed by atoms with Crippen LogP contribution in [-0.2, 0) is 16.0 Å². The molecule has 0 N–H and O–H groups in total. The van der Waals surface area contributed by atoms with Crippen LogP contribution in [0.25, 0.3) is 22.5 Å². The van der Waals surface area contributed by atoms with Gasteiger partial charge in [-0.15, -0.1) is 0 Å². The van der Waals surface area contributed by atoms with E-state index < -0.39 is 0 Å². The smallest absolute Gasteiger partial charge is 0.306 e. The van der Waals surface area contributed by atoms with Crippen LogP contribution in [0.5, 0.6) is 11.5 Å². The van der Waals surface area contributed by atoms with Crippen LogP contribution in [0.2, 0.25) is 0 Å². The third kappa shape index (κ3) is 3.95. The van der Waals surface area contributed by atoms with Crippen molar-refractivity contribution >= 4 is 5.97 Å². The molecule has 0 saturated heterocycles. The highest BCUT2D eigenvalue weighted by Crippen LogP contribution is 2.44. The van der Waals surface area contributed by atoms with Crippen LogP contribution in [0.1, 0.15) is 41.6 Å². The second-order valence-corrected chi connectivity index (χ2v) is 8.92. The van der Waals surface area contributed by atoms with Gasteiger partial charge in [0, 0.05) is 23.1 Å². The Labute approximate surface area is 203 Å². The second-order valence-electron chi connectivity index (χ2n) is 8.92. The zero-order valence-corrected chi connectivity index (χ0v) is 19.4. The van der Waals surface area contributed by atoms with E-state index in [1.807, 2.05) is 24.3 Å². The maximum absolute atomic E-state index is 11.7. The van der Waals surface area contributed by atoms with Gasteiger partial charge >= 0.3 is 5.97 Å². The largest absolute Gasteiger partial charge is 0.492 e. The monoisotopic (exact) mass is 467 g/mol. The molecule has 0 amide bonds. The van der Waals surface area contributed by atoms with Crippen LogP contribution in [0.15, 0.2) is 77.7 Å². The maximum atomic E-state index is 11.7. The average molecular weight is 468 g/mol. The summed E-state index contributed by atoms with van der Waals surface area (Å²) in [4.78, 5) is 15.8. The first-order valence-electron chi connectivity index (χ1n) is 11.8. The lowest BCUT2D eigenvalue weighted by molar-refractivity contribution is -0.141. The number of oxazole rings is 1. The zero-order chi connectivity index (χ0) is 23.8. The number of carbonyl (C=O) groups is 1. The normalized spacial score (nSPS) is 18.0. The Bertz CT molecular complexity index is 1380. The predicted molar refractivity (Wildman–Crippen MR) is 130 cm³/mol. The Morgan fingerprint density at radius 2 is 1.89 bits per heavy atom. The van der Waals surface area contributed by atoms with Crippen molar-refractivity contribution in [2.24, 2.45) is 0 Å². The molecule has 0 saturated carbocycles. The fraction of sp³-hybridized carbons (Fsp3) is 0.241. The van der Waals surface area contributed by atoms with Crippen LogP contribution in [0.3, 0.4) is 0 Å². The number of nitrogens with zero attached hydrogens (tertiary/aromatic N) is 1. The second kappa shape index (κ2) is 8.95. The lowest BCUT2D eigenvalue weighted by Gasteiger charge is -2.17. The Kier molecular flexibility index (Phi) is 5.49. The first kappa shape index (κ1) is 21.5. The van der Waals surface area contributed by atoms with Gasteiger partial charge in [0.2, 0.25) is 0 Å². The van der Waals surface area contributed by atoms with E-state index in [0.717, 1.165) is 46.8 Å². The molecular weight excluding hydrogens is 442 g/mol. The first-order chi connectivity index (χ1) is 17.2. The van der Waals surface area contributed by atoms with Crippen molar-refractivity contribution in [1.29, 1.82) is 0 Å². The quantitative estimate of drug-likeness (QED) is 0.319. The summed E-state index contributed by atoms with van der Waals surface area (Å²) in [5.41, 5.74) is 6.90. The van der Waals surface area contributed by atoms with Gasteiger partial charge in [0.1, 0.15) is 17.6 Å². The molecule has 2 aliphatic rings. The molecule has 2 atom stereocenters. The van der Waals surface area contributed by atoms with Crippen molar-refractivity contribution in [3.05, 3.63) is 89.9 Å². The lowest BCUT2D eigenvalue weighted by atomic mass is 9.92. The number of benzene rings is 3. The van der Waals surface area contributed by atoms with E-state index in [4.69, 9.17) is 18.6 Å². The van der Waals surface area contributed by atoms with Gasteiger partial charge in [-0.1, -0.05) is 48.5 Å². The molecule has 3 aromatic carbocycles. The summed E-state index contributed by atoms with van der Waals surface area (Å²) in [6.45, 7) is 0.480. The number of esters is 1. The SMILES string of the molecule is COC(=O)CC1COc2cc(OC3CCc4c(-c5ccccc5-c5cnco5)cccc43)ccc21. The van der Waals surface area contributed by atoms with Gasteiger partial charge < -0.3 is 18.6 Å². The van der Waals surface area contributed by atoms with Crippen molar-refractivity contribution in [2.45, 2.75) is 31.3 Å². The van der Waals surface area contributed by atoms with Gasteiger partial charge in [0.05, 0.1) is 26.3 Å². The summed E-state index contributed by atoms with van der Waals surface area (Å²) in [5, 5.41) is 0. The number of ether oxygens (including phenoxy) is 3. The minimum absolute atomic E-state index is 0.0192. The molecule has 176 valence electrons. The van der Waals surface area contributed by atoms with Crippen LogP contribution in [0.4, 0.5) is 0 Å². The van der Waals surface area contributed by atoms with Crippen molar-refractivity contribution in [2.75, 3.05) is 13.7 Å². The standard InChI is InChI=1S/C29H25NO5/c1-32-29(31)13-18-16-33-27-14-19(9-10-20(18)27)35-26-12-11-23-21(7-4-8-24(23)26)22-5-2-3-6-25(22)28-15-30-17-34-28/h2-10,14-15,17-18,26H,11-13,16H2,1H3. The molecule has 4 aromatic rings. The Hall–Kier alpha value is -4.06. The summed E-state index contributed by atoms with van der Waals surface area (Å²) < 4.78 is 22.7. The molecule has 0 spiro atoms. The highest BCUT2D eigenvalue weighted by molar-refractivity contribution is 5.83. The third-order valence-electron chi connectivity index (χ3n) is 6.91. The summed E-state index contributed by atoms with van der Waals surface area (Å²) in [6.07, 6.45) is 5.33. The summed E-state index contributed by atoms with van der Waals surface area (Å²) in [6, 6.07) is 20.6. The number of fused-ring (bicyclic) bond motifs is 2. The number of hydrogen-bond donors (Lipinski definition) is 0.